The number of aromatic nitrogens is 2. The van der Waals surface area contributed by atoms with Gasteiger partial charge in [-0.3, -0.25) is 4.79 Å². The molecule has 0 aliphatic rings. The second-order valence-electron chi connectivity index (χ2n) is 6.92. The topological polar surface area (TPSA) is 92.0 Å². The Kier molecular flexibility index (Phi) is 8.46. The van der Waals surface area contributed by atoms with Crippen LogP contribution in [0.2, 0.25) is 5.02 Å². The van der Waals surface area contributed by atoms with Gasteiger partial charge in [-0.05, 0) is 37.6 Å². The van der Waals surface area contributed by atoms with E-state index >= 15 is 0 Å². The SMILES string of the molecule is CCCc1nc2ccc(Br)cc2c(=O)n1N=Cc1cc(Cl)cc(OC)c1OCC(=O)OCC. The summed E-state index contributed by atoms with van der Waals surface area (Å²) in [6.45, 7) is 3.62. The summed E-state index contributed by atoms with van der Waals surface area (Å²) in [5, 5.41) is 5.21. The Morgan fingerprint density at radius 1 is 1.27 bits per heavy atom. The molecule has 10 heteroatoms. The molecular formula is C23H23BrClN3O5. The van der Waals surface area contributed by atoms with Gasteiger partial charge in [0, 0.05) is 27.5 Å². The van der Waals surface area contributed by atoms with Gasteiger partial charge in [-0.15, -0.1) is 0 Å². The lowest BCUT2D eigenvalue weighted by Gasteiger charge is -2.14. The lowest BCUT2D eigenvalue weighted by molar-refractivity contribution is -0.145. The average molecular weight is 537 g/mol. The molecule has 2 aromatic carbocycles. The average Bonchev–Trinajstić information content (AvgIpc) is 2.78. The molecular weight excluding hydrogens is 514 g/mol. The summed E-state index contributed by atoms with van der Waals surface area (Å²) in [6.07, 6.45) is 2.77. The highest BCUT2D eigenvalue weighted by Crippen LogP contribution is 2.34. The molecule has 0 saturated carbocycles. The van der Waals surface area contributed by atoms with Crippen molar-refractivity contribution in [1.82, 2.24) is 9.66 Å². The maximum atomic E-state index is 13.2. The van der Waals surface area contributed by atoms with Crippen molar-refractivity contribution in [2.45, 2.75) is 26.7 Å². The van der Waals surface area contributed by atoms with Gasteiger partial charge in [-0.1, -0.05) is 34.5 Å². The van der Waals surface area contributed by atoms with Crippen molar-refractivity contribution in [2.75, 3.05) is 20.3 Å². The summed E-state index contributed by atoms with van der Waals surface area (Å²) in [4.78, 5) is 29.6. The lowest BCUT2D eigenvalue weighted by Crippen LogP contribution is -2.22. The van der Waals surface area contributed by atoms with E-state index in [9.17, 15) is 9.59 Å². The van der Waals surface area contributed by atoms with Gasteiger partial charge in [0.1, 0.15) is 5.82 Å². The molecule has 0 atom stereocenters. The predicted molar refractivity (Wildman–Crippen MR) is 131 cm³/mol. The van der Waals surface area contributed by atoms with Crippen LogP contribution in [0.5, 0.6) is 11.5 Å². The maximum Gasteiger partial charge on any atom is 0.344 e. The van der Waals surface area contributed by atoms with E-state index in [1.54, 1.807) is 31.2 Å². The molecule has 0 fully saturated rings. The summed E-state index contributed by atoms with van der Waals surface area (Å²) < 4.78 is 18.0. The number of carbonyl (C=O) groups excluding carboxylic acids is 1. The number of carbonyl (C=O) groups is 1. The van der Waals surface area contributed by atoms with Gasteiger partial charge in [0.2, 0.25) is 0 Å². The number of hydrogen-bond acceptors (Lipinski definition) is 7. The van der Waals surface area contributed by atoms with Crippen LogP contribution in [0.1, 0.15) is 31.7 Å². The molecule has 0 aliphatic heterocycles. The van der Waals surface area contributed by atoms with Crippen molar-refractivity contribution in [3.05, 3.63) is 61.6 Å². The van der Waals surface area contributed by atoms with Crippen LogP contribution in [0.3, 0.4) is 0 Å². The molecule has 0 N–H and O–H groups in total. The zero-order valence-corrected chi connectivity index (χ0v) is 20.8. The number of halogens is 2. The minimum absolute atomic E-state index is 0.239. The molecule has 0 radical (unpaired) electrons. The van der Waals surface area contributed by atoms with Crippen molar-refractivity contribution in [2.24, 2.45) is 5.10 Å². The molecule has 174 valence electrons. The number of hydrogen-bond donors (Lipinski definition) is 0. The molecule has 8 nitrogen and oxygen atoms in total. The number of benzene rings is 2. The number of nitrogens with zero attached hydrogens (tertiary/aromatic N) is 3. The zero-order valence-electron chi connectivity index (χ0n) is 18.4. The summed E-state index contributed by atoms with van der Waals surface area (Å²) in [7, 11) is 1.46. The van der Waals surface area contributed by atoms with Gasteiger partial charge >= 0.3 is 5.97 Å². The highest BCUT2D eigenvalue weighted by Gasteiger charge is 2.15. The van der Waals surface area contributed by atoms with E-state index in [1.807, 2.05) is 13.0 Å². The normalized spacial score (nSPS) is 11.2. The third-order valence-electron chi connectivity index (χ3n) is 4.57. The molecule has 33 heavy (non-hydrogen) atoms. The standard InChI is InChI=1S/C23H23BrClN3O5/c1-4-6-20-27-18-8-7-15(24)10-17(18)23(30)28(20)26-12-14-9-16(25)11-19(31-3)22(14)33-13-21(29)32-5-2/h7-12H,4-6,13H2,1-3H3. The van der Waals surface area contributed by atoms with E-state index in [4.69, 9.17) is 25.8 Å². The van der Waals surface area contributed by atoms with Crippen molar-refractivity contribution < 1.29 is 19.0 Å². The van der Waals surface area contributed by atoms with Gasteiger partial charge in [0.25, 0.3) is 5.56 Å². The van der Waals surface area contributed by atoms with Crippen LogP contribution in [0.25, 0.3) is 10.9 Å². The largest absolute Gasteiger partial charge is 0.493 e. The van der Waals surface area contributed by atoms with Crippen LogP contribution in [0, 0.1) is 0 Å². The number of esters is 1. The van der Waals surface area contributed by atoms with Gasteiger partial charge < -0.3 is 14.2 Å². The second kappa shape index (κ2) is 11.3. The van der Waals surface area contributed by atoms with Crippen molar-refractivity contribution in [3.8, 4) is 11.5 Å². The molecule has 0 saturated heterocycles. The maximum absolute atomic E-state index is 13.2. The molecule has 1 heterocycles. The molecule has 0 bridgehead atoms. The van der Waals surface area contributed by atoms with Crippen LogP contribution >= 0.6 is 27.5 Å². The molecule has 3 rings (SSSR count). The third kappa shape index (κ3) is 5.91. The van der Waals surface area contributed by atoms with Crippen LogP contribution in [-0.4, -0.2) is 42.2 Å². The van der Waals surface area contributed by atoms with Gasteiger partial charge in [0.15, 0.2) is 18.1 Å². The van der Waals surface area contributed by atoms with E-state index < -0.39 is 5.97 Å². The zero-order chi connectivity index (χ0) is 24.0. The third-order valence-corrected chi connectivity index (χ3v) is 5.28. The van der Waals surface area contributed by atoms with Gasteiger partial charge in [-0.2, -0.15) is 9.78 Å². The fourth-order valence-corrected chi connectivity index (χ4v) is 3.72. The highest BCUT2D eigenvalue weighted by molar-refractivity contribution is 9.10. The summed E-state index contributed by atoms with van der Waals surface area (Å²) in [6, 6.07) is 8.50. The van der Waals surface area contributed by atoms with Gasteiger partial charge in [0.05, 0.1) is 30.8 Å². The monoisotopic (exact) mass is 535 g/mol. The molecule has 0 aliphatic carbocycles. The van der Waals surface area contributed by atoms with Crippen LogP contribution in [-0.2, 0) is 16.0 Å². The Balaban J connectivity index is 2.09. The number of methoxy groups -OCH3 is 1. The number of ether oxygens (including phenoxy) is 3. The molecule has 0 unspecified atom stereocenters. The molecule has 0 amide bonds. The minimum atomic E-state index is -0.525. The second-order valence-corrected chi connectivity index (χ2v) is 8.27. The van der Waals surface area contributed by atoms with E-state index in [-0.39, 0.29) is 24.5 Å². The van der Waals surface area contributed by atoms with Gasteiger partial charge in [-0.25, -0.2) is 9.78 Å². The van der Waals surface area contributed by atoms with E-state index in [2.05, 4.69) is 26.0 Å². The fourth-order valence-electron chi connectivity index (χ4n) is 3.14. The first-order valence-electron chi connectivity index (χ1n) is 10.3. The quantitative estimate of drug-likeness (QED) is 0.293. The Morgan fingerprint density at radius 3 is 2.76 bits per heavy atom. The number of aryl methyl sites for hydroxylation is 1. The van der Waals surface area contributed by atoms with E-state index in [1.165, 1.54) is 18.0 Å². The summed E-state index contributed by atoms with van der Waals surface area (Å²) >= 11 is 9.62. The molecule has 1 aromatic heterocycles. The molecule has 3 aromatic rings. The van der Waals surface area contributed by atoms with E-state index in [0.717, 1.165) is 10.9 Å². The predicted octanol–water partition coefficient (Wildman–Crippen LogP) is 4.60. The first-order chi connectivity index (χ1) is 15.9. The summed E-state index contributed by atoms with van der Waals surface area (Å²) in [5.74, 6) is 0.565. The Labute approximate surface area is 204 Å². The highest BCUT2D eigenvalue weighted by atomic mass is 79.9. The smallest absolute Gasteiger partial charge is 0.344 e. The van der Waals surface area contributed by atoms with Crippen molar-refractivity contribution in [3.63, 3.8) is 0 Å². The first-order valence-corrected chi connectivity index (χ1v) is 11.5. The Morgan fingerprint density at radius 2 is 2.06 bits per heavy atom. The van der Waals surface area contributed by atoms with Crippen LogP contribution in [0.4, 0.5) is 0 Å². The van der Waals surface area contributed by atoms with E-state index in [0.29, 0.717) is 39.5 Å². The first kappa shape index (κ1) is 24.7. The number of fused-ring (bicyclic) bond motifs is 1. The number of rotatable bonds is 9. The lowest BCUT2D eigenvalue weighted by atomic mass is 10.2. The van der Waals surface area contributed by atoms with Crippen molar-refractivity contribution in [1.29, 1.82) is 0 Å². The minimum Gasteiger partial charge on any atom is -0.493 e. The Bertz CT molecular complexity index is 1260. The van der Waals surface area contributed by atoms with Crippen molar-refractivity contribution >= 4 is 50.6 Å². The molecule has 0 spiro atoms. The van der Waals surface area contributed by atoms with Crippen LogP contribution < -0.4 is 15.0 Å². The fraction of sp³-hybridized carbons (Fsp3) is 0.304. The summed E-state index contributed by atoms with van der Waals surface area (Å²) in [5.41, 5.74) is 0.720. The van der Waals surface area contributed by atoms with Crippen LogP contribution in [0.15, 0.2) is 44.7 Å². The Hall–Kier alpha value is -2.91.